The number of carbonyl (C=O) groups is 2. The topological polar surface area (TPSA) is 93.4 Å². The number of primary amides is 1. The molecule has 1 aliphatic rings. The first-order valence-electron chi connectivity index (χ1n) is 5.77. The van der Waals surface area contributed by atoms with Crippen molar-refractivity contribution in [1.29, 1.82) is 0 Å². The quantitative estimate of drug-likeness (QED) is 0.641. The minimum atomic E-state index is -0.742. The Kier molecular flexibility index (Phi) is 6.59. The van der Waals surface area contributed by atoms with Crippen LogP contribution in [0.5, 0.6) is 0 Å². The normalized spacial score (nSPS) is 23.9. The number of hydrogen-bond acceptors (Lipinski definition) is 4. The molecule has 4 N–H and O–H groups in total. The average Bonchev–Trinajstić information content (AvgIpc) is 2.26. The average molecular weight is 280 g/mol. The predicted molar refractivity (Wildman–Crippen MR) is 70.4 cm³/mol. The van der Waals surface area contributed by atoms with Crippen LogP contribution in [-0.4, -0.2) is 43.7 Å². The fraction of sp³-hybridized carbons (Fsp3) is 0.818. The Balaban J connectivity index is 0.00000289. The molecule has 18 heavy (non-hydrogen) atoms. The molecule has 6 nitrogen and oxygen atoms in total. The number of nitrogens with two attached hydrogens (primary N) is 1. The molecule has 0 spiro atoms. The number of hydrogen-bond donors (Lipinski definition) is 3. The van der Waals surface area contributed by atoms with E-state index in [9.17, 15) is 9.59 Å². The van der Waals surface area contributed by atoms with Crippen molar-refractivity contribution in [1.82, 2.24) is 10.6 Å². The standard InChI is InChI=1S/C11H21N3O3.ClH/c1-7-8(13-4-5-17-7)9(15)14-6-11(2,3)10(12)16;/h7-8,13H,4-6H2,1-3H3,(H2,12,16)(H,14,15);1H/t7-,8+;/m1./s1. The fourth-order valence-corrected chi connectivity index (χ4v) is 1.53. The summed E-state index contributed by atoms with van der Waals surface area (Å²) >= 11 is 0. The predicted octanol–water partition coefficient (Wildman–Crippen LogP) is -0.587. The van der Waals surface area contributed by atoms with Crippen molar-refractivity contribution in [2.45, 2.75) is 32.9 Å². The first kappa shape index (κ1) is 17.2. The summed E-state index contributed by atoms with van der Waals surface area (Å²) in [6.07, 6.45) is -0.166. The minimum Gasteiger partial charge on any atom is -0.375 e. The van der Waals surface area contributed by atoms with Crippen molar-refractivity contribution < 1.29 is 14.3 Å². The van der Waals surface area contributed by atoms with Gasteiger partial charge >= 0.3 is 0 Å². The van der Waals surface area contributed by atoms with E-state index in [1.807, 2.05) is 6.92 Å². The van der Waals surface area contributed by atoms with Gasteiger partial charge in [0.2, 0.25) is 11.8 Å². The fourth-order valence-electron chi connectivity index (χ4n) is 1.53. The molecule has 2 amide bonds. The van der Waals surface area contributed by atoms with Crippen molar-refractivity contribution in [3.63, 3.8) is 0 Å². The summed E-state index contributed by atoms with van der Waals surface area (Å²) in [7, 11) is 0. The lowest BCUT2D eigenvalue weighted by atomic mass is 9.92. The van der Waals surface area contributed by atoms with E-state index in [2.05, 4.69) is 10.6 Å². The Morgan fingerprint density at radius 1 is 1.50 bits per heavy atom. The summed E-state index contributed by atoms with van der Waals surface area (Å²) < 4.78 is 5.38. The van der Waals surface area contributed by atoms with Gasteiger partial charge in [-0.1, -0.05) is 0 Å². The molecule has 0 saturated carbocycles. The number of morpholine rings is 1. The van der Waals surface area contributed by atoms with Gasteiger partial charge in [0, 0.05) is 13.1 Å². The smallest absolute Gasteiger partial charge is 0.239 e. The monoisotopic (exact) mass is 279 g/mol. The summed E-state index contributed by atoms with van der Waals surface area (Å²) in [5, 5.41) is 5.80. The first-order chi connectivity index (χ1) is 7.84. The second-order valence-electron chi connectivity index (χ2n) is 4.97. The Bertz CT molecular complexity index is 310. The van der Waals surface area contributed by atoms with Crippen molar-refractivity contribution in [2.24, 2.45) is 11.1 Å². The van der Waals surface area contributed by atoms with Crippen LogP contribution in [0.2, 0.25) is 0 Å². The first-order valence-corrected chi connectivity index (χ1v) is 5.77. The lowest BCUT2D eigenvalue weighted by Gasteiger charge is -2.30. The molecule has 0 aromatic carbocycles. The van der Waals surface area contributed by atoms with Crippen LogP contribution in [0.3, 0.4) is 0 Å². The summed E-state index contributed by atoms with van der Waals surface area (Å²) in [5.41, 5.74) is 4.49. The van der Waals surface area contributed by atoms with Gasteiger partial charge in [0.05, 0.1) is 18.1 Å². The molecule has 0 aromatic heterocycles. The lowest BCUT2D eigenvalue weighted by Crippen LogP contribution is -2.57. The summed E-state index contributed by atoms with van der Waals surface area (Å²) in [5.74, 6) is -0.592. The van der Waals surface area contributed by atoms with Crippen LogP contribution in [0.4, 0.5) is 0 Å². The zero-order valence-electron chi connectivity index (χ0n) is 11.0. The maximum Gasteiger partial charge on any atom is 0.239 e. The van der Waals surface area contributed by atoms with Gasteiger partial charge in [-0.25, -0.2) is 0 Å². The van der Waals surface area contributed by atoms with E-state index in [0.29, 0.717) is 13.2 Å². The van der Waals surface area contributed by atoms with Crippen LogP contribution >= 0.6 is 12.4 Å². The molecule has 7 heteroatoms. The summed E-state index contributed by atoms with van der Waals surface area (Å²) in [4.78, 5) is 23.0. The summed E-state index contributed by atoms with van der Waals surface area (Å²) in [6, 6.07) is -0.368. The van der Waals surface area contributed by atoms with Gasteiger partial charge in [0.25, 0.3) is 0 Å². The second kappa shape index (κ2) is 6.92. The van der Waals surface area contributed by atoms with E-state index in [1.54, 1.807) is 13.8 Å². The van der Waals surface area contributed by atoms with E-state index < -0.39 is 11.3 Å². The van der Waals surface area contributed by atoms with Crippen molar-refractivity contribution in [3.05, 3.63) is 0 Å². The molecule has 1 fully saturated rings. The van der Waals surface area contributed by atoms with Crippen LogP contribution in [0, 0.1) is 5.41 Å². The SMILES string of the molecule is C[C@H]1OCCN[C@@H]1C(=O)NCC(C)(C)C(N)=O.Cl. The third-order valence-electron chi connectivity index (χ3n) is 2.97. The molecule has 0 aromatic rings. The number of ether oxygens (including phenoxy) is 1. The van der Waals surface area contributed by atoms with Gasteiger partial charge < -0.3 is 21.1 Å². The minimum absolute atomic E-state index is 0. The van der Waals surface area contributed by atoms with Crippen LogP contribution < -0.4 is 16.4 Å². The van der Waals surface area contributed by atoms with Crippen molar-refractivity contribution >= 4 is 24.2 Å². The van der Waals surface area contributed by atoms with E-state index in [4.69, 9.17) is 10.5 Å². The Morgan fingerprint density at radius 3 is 2.61 bits per heavy atom. The highest BCUT2D eigenvalue weighted by Gasteiger charge is 2.31. The maximum absolute atomic E-state index is 11.9. The molecule has 1 aliphatic heterocycles. The van der Waals surface area contributed by atoms with Crippen molar-refractivity contribution in [2.75, 3.05) is 19.7 Å². The molecule has 2 atom stereocenters. The van der Waals surface area contributed by atoms with Gasteiger partial charge in [-0.3, -0.25) is 9.59 Å². The number of halogens is 1. The zero-order valence-corrected chi connectivity index (χ0v) is 11.8. The van der Waals surface area contributed by atoms with Crippen LogP contribution in [0.25, 0.3) is 0 Å². The zero-order chi connectivity index (χ0) is 13.1. The van der Waals surface area contributed by atoms with Crippen LogP contribution in [0.15, 0.2) is 0 Å². The third kappa shape index (κ3) is 4.44. The highest BCUT2D eigenvalue weighted by Crippen LogP contribution is 2.12. The third-order valence-corrected chi connectivity index (χ3v) is 2.97. The van der Waals surface area contributed by atoms with Crippen LogP contribution in [-0.2, 0) is 14.3 Å². The molecule has 1 rings (SSSR count). The molecule has 0 unspecified atom stereocenters. The lowest BCUT2D eigenvalue weighted by molar-refractivity contribution is -0.130. The Labute approximate surface area is 113 Å². The molecular formula is C11H22ClN3O3. The number of carbonyl (C=O) groups excluding carboxylic acids is 2. The van der Waals surface area contributed by atoms with Gasteiger partial charge in [-0.15, -0.1) is 12.4 Å². The maximum atomic E-state index is 11.9. The molecule has 1 heterocycles. The largest absolute Gasteiger partial charge is 0.375 e. The summed E-state index contributed by atoms with van der Waals surface area (Å²) in [6.45, 7) is 6.73. The second-order valence-corrected chi connectivity index (χ2v) is 4.97. The highest BCUT2D eigenvalue weighted by molar-refractivity contribution is 5.85. The molecule has 106 valence electrons. The van der Waals surface area contributed by atoms with E-state index in [-0.39, 0.29) is 37.0 Å². The molecule has 0 bridgehead atoms. The molecule has 0 radical (unpaired) electrons. The van der Waals surface area contributed by atoms with E-state index in [1.165, 1.54) is 0 Å². The number of amides is 2. The van der Waals surface area contributed by atoms with Crippen molar-refractivity contribution in [3.8, 4) is 0 Å². The van der Waals surface area contributed by atoms with Gasteiger partial charge in [0.15, 0.2) is 0 Å². The van der Waals surface area contributed by atoms with Crippen LogP contribution in [0.1, 0.15) is 20.8 Å². The number of nitrogens with one attached hydrogen (secondary N) is 2. The molecule has 0 aliphatic carbocycles. The molecule has 1 saturated heterocycles. The molecular weight excluding hydrogens is 258 g/mol. The van der Waals surface area contributed by atoms with E-state index in [0.717, 1.165) is 0 Å². The Hall–Kier alpha value is -0.850. The van der Waals surface area contributed by atoms with Gasteiger partial charge in [-0.2, -0.15) is 0 Å². The van der Waals surface area contributed by atoms with Gasteiger partial charge in [0.1, 0.15) is 6.04 Å². The Morgan fingerprint density at radius 2 is 2.11 bits per heavy atom. The van der Waals surface area contributed by atoms with E-state index >= 15 is 0 Å². The van der Waals surface area contributed by atoms with Gasteiger partial charge in [-0.05, 0) is 20.8 Å². The highest BCUT2D eigenvalue weighted by atomic mass is 35.5. The number of rotatable bonds is 4.